The summed E-state index contributed by atoms with van der Waals surface area (Å²) in [5, 5.41) is 2.54. The molecule has 1 N–H and O–H groups in total. The third-order valence-corrected chi connectivity index (χ3v) is 2.16. The molecule has 1 aromatic heterocycles. The highest BCUT2D eigenvalue weighted by molar-refractivity contribution is 5.92. The number of aromatic nitrogens is 1. The van der Waals surface area contributed by atoms with Crippen molar-refractivity contribution in [1.29, 1.82) is 0 Å². The van der Waals surface area contributed by atoms with E-state index in [4.69, 9.17) is 4.74 Å². The highest BCUT2D eigenvalue weighted by Crippen LogP contribution is 2.19. The van der Waals surface area contributed by atoms with E-state index in [0.717, 1.165) is 5.56 Å². The molecule has 84 valence electrons. The summed E-state index contributed by atoms with van der Waals surface area (Å²) >= 11 is 0. The Balaban J connectivity index is 0.00000225. The van der Waals surface area contributed by atoms with Crippen LogP contribution in [0.1, 0.15) is 37.2 Å². The molecule has 0 aliphatic rings. The maximum absolute atomic E-state index is 11.4. The zero-order valence-corrected chi connectivity index (χ0v) is 9.50. The van der Waals surface area contributed by atoms with E-state index in [-0.39, 0.29) is 7.33 Å². The first-order valence-electron chi connectivity index (χ1n) is 4.86. The van der Waals surface area contributed by atoms with Crippen molar-refractivity contribution in [2.45, 2.75) is 19.8 Å². The van der Waals surface area contributed by atoms with E-state index in [0.29, 0.717) is 17.5 Å². The second-order valence-corrected chi connectivity index (χ2v) is 3.56. The third kappa shape index (κ3) is 2.68. The molecule has 0 spiro atoms. The van der Waals surface area contributed by atoms with Gasteiger partial charge >= 0.3 is 0 Å². The number of hydrogen-bond acceptors (Lipinski definition) is 3. The molecule has 4 heteroatoms. The first-order chi connectivity index (χ1) is 7.08. The summed E-state index contributed by atoms with van der Waals surface area (Å²) in [6.07, 6.45) is 0. The lowest BCUT2D eigenvalue weighted by atomic mass is 10.0. The van der Waals surface area contributed by atoms with Gasteiger partial charge in [0.1, 0.15) is 5.69 Å². The molecule has 0 aromatic carbocycles. The maximum atomic E-state index is 11.4. The Bertz CT molecular complexity index is 367. The number of amides is 1. The predicted octanol–water partition coefficient (Wildman–Crippen LogP) is 1.82. The number of rotatable bonds is 3. The molecule has 1 amide bonds. The van der Waals surface area contributed by atoms with Crippen LogP contribution in [0.5, 0.6) is 5.88 Å². The molecular weight excluding hydrogens is 192 g/mol. The number of ether oxygens (including phenoxy) is 1. The van der Waals surface area contributed by atoms with Crippen LogP contribution in [-0.4, -0.2) is 25.0 Å². The van der Waals surface area contributed by atoms with Crippen LogP contribution in [0.3, 0.4) is 0 Å². The van der Waals surface area contributed by atoms with Crippen molar-refractivity contribution in [2.24, 2.45) is 0 Å². The van der Waals surface area contributed by atoms with Gasteiger partial charge in [-0.15, -0.1) is 0 Å². The Hall–Kier alpha value is -1.58. The Morgan fingerprint density at radius 1 is 1.53 bits per heavy atom. The van der Waals surface area contributed by atoms with Gasteiger partial charge in [0.2, 0.25) is 5.88 Å². The number of pyridine rings is 1. The van der Waals surface area contributed by atoms with E-state index in [2.05, 4.69) is 24.1 Å². The highest BCUT2D eigenvalue weighted by atomic mass is 16.5. The first-order valence-corrected chi connectivity index (χ1v) is 4.86. The molecule has 0 atom stereocenters. The third-order valence-electron chi connectivity index (χ3n) is 2.16. The Morgan fingerprint density at radius 3 is 2.67 bits per heavy atom. The van der Waals surface area contributed by atoms with E-state index < -0.39 is 0 Å². The Morgan fingerprint density at radius 2 is 2.20 bits per heavy atom. The first kappa shape index (κ1) is 11.5. The van der Waals surface area contributed by atoms with Crippen molar-refractivity contribution in [2.75, 3.05) is 14.2 Å². The lowest BCUT2D eigenvalue weighted by molar-refractivity contribution is 0.0957. The molecule has 0 saturated carbocycles. The van der Waals surface area contributed by atoms with Crippen LogP contribution in [0.4, 0.5) is 0 Å². The fourth-order valence-corrected chi connectivity index (χ4v) is 1.21. The normalized spacial score (nSPS) is 10.2. The van der Waals surface area contributed by atoms with Gasteiger partial charge in [-0.1, -0.05) is 13.8 Å². The van der Waals surface area contributed by atoms with E-state index in [1.165, 1.54) is 0 Å². The van der Waals surface area contributed by atoms with Crippen LogP contribution in [0.2, 0.25) is 0 Å². The minimum Gasteiger partial charge on any atom is -0.481 e. The van der Waals surface area contributed by atoms with Gasteiger partial charge in [0.15, 0.2) is 0 Å². The molecule has 0 fully saturated rings. The van der Waals surface area contributed by atoms with Crippen molar-refractivity contribution in [3.63, 3.8) is 0 Å². The molecule has 1 rings (SSSR count). The lowest BCUT2D eigenvalue weighted by Gasteiger charge is -2.09. The van der Waals surface area contributed by atoms with Crippen molar-refractivity contribution in [3.05, 3.63) is 23.4 Å². The number of nitrogens with one attached hydrogen (secondary N) is 1. The molecule has 0 aliphatic carbocycles. The summed E-state index contributed by atoms with van der Waals surface area (Å²) in [6.45, 7) is 4.12. The summed E-state index contributed by atoms with van der Waals surface area (Å²) in [7, 11) is 3.12. The largest absolute Gasteiger partial charge is 0.481 e. The molecule has 0 saturated heterocycles. The molecular formula is C11H18N2O2. The minimum absolute atomic E-state index is 0. The summed E-state index contributed by atoms with van der Waals surface area (Å²) < 4.78 is 5.05. The zero-order valence-electron chi connectivity index (χ0n) is 9.50. The summed E-state index contributed by atoms with van der Waals surface area (Å²) in [5.41, 5.74) is 1.43. The molecule has 0 aliphatic heterocycles. The van der Waals surface area contributed by atoms with Crippen molar-refractivity contribution in [3.8, 4) is 5.88 Å². The van der Waals surface area contributed by atoms with Crippen LogP contribution in [0.15, 0.2) is 12.1 Å². The molecule has 15 heavy (non-hydrogen) atoms. The van der Waals surface area contributed by atoms with Gasteiger partial charge in [0, 0.05) is 14.5 Å². The minimum atomic E-state index is -0.198. The molecule has 0 unspecified atom stereocenters. The predicted molar refractivity (Wildman–Crippen MR) is 60.4 cm³/mol. The van der Waals surface area contributed by atoms with Crippen LogP contribution in [0.25, 0.3) is 0 Å². The molecule has 0 bridgehead atoms. The van der Waals surface area contributed by atoms with E-state index in [9.17, 15) is 4.79 Å². The fraction of sp³-hybridized carbons (Fsp3) is 0.455. The van der Waals surface area contributed by atoms with Gasteiger partial charge < -0.3 is 10.1 Å². The standard InChI is InChI=1S/C11H16N2O2.H2/c1-7(2)8-5-9(11(14)12-3)13-10(6-8)15-4;/h5-7H,1-4H3,(H,12,14);1H. The number of hydrogen-bond donors (Lipinski definition) is 1. The van der Waals surface area contributed by atoms with Crippen LogP contribution < -0.4 is 10.1 Å². The van der Waals surface area contributed by atoms with Crippen LogP contribution in [-0.2, 0) is 0 Å². The number of nitrogens with zero attached hydrogens (tertiary/aromatic N) is 1. The van der Waals surface area contributed by atoms with E-state index >= 15 is 0 Å². The van der Waals surface area contributed by atoms with Gasteiger partial charge in [0.25, 0.3) is 5.91 Å². The maximum Gasteiger partial charge on any atom is 0.269 e. The van der Waals surface area contributed by atoms with Gasteiger partial charge in [-0.05, 0) is 17.5 Å². The monoisotopic (exact) mass is 210 g/mol. The number of methoxy groups -OCH3 is 1. The van der Waals surface area contributed by atoms with E-state index in [1.54, 1.807) is 20.2 Å². The smallest absolute Gasteiger partial charge is 0.269 e. The van der Waals surface area contributed by atoms with Gasteiger partial charge in [-0.3, -0.25) is 4.79 Å². The molecule has 0 radical (unpaired) electrons. The van der Waals surface area contributed by atoms with Crippen LogP contribution in [0, 0.1) is 0 Å². The van der Waals surface area contributed by atoms with Gasteiger partial charge in [-0.25, -0.2) is 4.98 Å². The van der Waals surface area contributed by atoms with Crippen LogP contribution >= 0.6 is 0 Å². The summed E-state index contributed by atoms with van der Waals surface area (Å²) in [4.78, 5) is 15.5. The molecule has 4 nitrogen and oxygen atoms in total. The Labute approximate surface area is 91.2 Å². The second-order valence-electron chi connectivity index (χ2n) is 3.56. The summed E-state index contributed by atoms with van der Waals surface area (Å²) in [5.74, 6) is 0.612. The average Bonchev–Trinajstić information content (AvgIpc) is 2.27. The Kier molecular flexibility index (Phi) is 3.66. The van der Waals surface area contributed by atoms with Crippen molar-refractivity contribution in [1.82, 2.24) is 10.3 Å². The van der Waals surface area contributed by atoms with Crippen molar-refractivity contribution < 1.29 is 11.0 Å². The topological polar surface area (TPSA) is 51.2 Å². The highest BCUT2D eigenvalue weighted by Gasteiger charge is 2.10. The van der Waals surface area contributed by atoms with Gasteiger partial charge in [-0.2, -0.15) is 0 Å². The van der Waals surface area contributed by atoms with E-state index in [1.807, 2.05) is 6.07 Å². The number of carbonyl (C=O) groups excluding carboxylic acids is 1. The second kappa shape index (κ2) is 4.77. The van der Waals surface area contributed by atoms with Crippen molar-refractivity contribution >= 4 is 5.91 Å². The molecule has 1 heterocycles. The summed E-state index contributed by atoms with van der Waals surface area (Å²) in [6, 6.07) is 3.63. The number of carbonyl (C=O) groups is 1. The van der Waals surface area contributed by atoms with Gasteiger partial charge in [0.05, 0.1) is 7.11 Å². The fourth-order valence-electron chi connectivity index (χ4n) is 1.21. The molecule has 1 aromatic rings. The average molecular weight is 210 g/mol. The lowest BCUT2D eigenvalue weighted by Crippen LogP contribution is -2.19. The SMILES string of the molecule is CNC(=O)c1cc(C(C)C)cc(OC)n1.[HH]. The quantitative estimate of drug-likeness (QED) is 0.828. The zero-order chi connectivity index (χ0) is 11.4.